The van der Waals surface area contributed by atoms with E-state index in [4.69, 9.17) is 16.3 Å². The monoisotopic (exact) mass is 366 g/mol. The van der Waals surface area contributed by atoms with Crippen LogP contribution >= 0.6 is 11.6 Å². The fraction of sp³-hybridized carbons (Fsp3) is 0.0952. The van der Waals surface area contributed by atoms with Crippen LogP contribution in [0.4, 0.5) is 0 Å². The number of carboxylic acids is 1. The molecule has 0 amide bonds. The van der Waals surface area contributed by atoms with Crippen LogP contribution in [-0.4, -0.2) is 22.8 Å². The fourth-order valence-corrected chi connectivity index (χ4v) is 3.56. The van der Waals surface area contributed by atoms with Crippen LogP contribution in [0.3, 0.4) is 0 Å². The van der Waals surface area contributed by atoms with Crippen LogP contribution in [-0.2, 0) is 6.42 Å². The average molecular weight is 367 g/mol. The summed E-state index contributed by atoms with van der Waals surface area (Å²) in [6.07, 6.45) is 0.853. The number of fused-ring (bicyclic) bond motifs is 1. The van der Waals surface area contributed by atoms with Crippen molar-refractivity contribution in [3.05, 3.63) is 70.7 Å². The molecule has 5 heteroatoms. The normalized spacial score (nSPS) is 12.5. The standard InChI is InChI=1S/C21H15ClO4/c22-17-3-1-2-15(12-4-6-18(23)16(11-12)21(24)25)20(17)14-5-7-19-13(10-14)8-9-26-19/h1-7,10-11,23H,8-9H2,(H,24,25). The van der Waals surface area contributed by atoms with Crippen molar-refractivity contribution in [3.8, 4) is 33.8 Å². The lowest BCUT2D eigenvalue weighted by atomic mass is 9.92. The van der Waals surface area contributed by atoms with Crippen LogP contribution in [0, 0.1) is 0 Å². The SMILES string of the molecule is O=C(O)c1cc(-c2cccc(Cl)c2-c2ccc3c(c2)CCO3)ccc1O. The molecule has 1 aliphatic heterocycles. The highest BCUT2D eigenvalue weighted by atomic mass is 35.5. The molecule has 0 saturated heterocycles. The first-order valence-electron chi connectivity index (χ1n) is 8.16. The number of hydrogen-bond acceptors (Lipinski definition) is 3. The molecule has 26 heavy (non-hydrogen) atoms. The summed E-state index contributed by atoms with van der Waals surface area (Å²) in [5.74, 6) is -0.553. The van der Waals surface area contributed by atoms with Crippen molar-refractivity contribution in [1.82, 2.24) is 0 Å². The number of benzene rings is 3. The third kappa shape index (κ3) is 2.78. The lowest BCUT2D eigenvalue weighted by Gasteiger charge is -2.14. The van der Waals surface area contributed by atoms with Gasteiger partial charge in [-0.2, -0.15) is 0 Å². The summed E-state index contributed by atoms with van der Waals surface area (Å²) >= 11 is 6.50. The smallest absolute Gasteiger partial charge is 0.339 e. The zero-order chi connectivity index (χ0) is 18.3. The van der Waals surface area contributed by atoms with E-state index in [1.165, 1.54) is 12.1 Å². The number of carbonyl (C=O) groups is 1. The van der Waals surface area contributed by atoms with Gasteiger partial charge in [0.25, 0.3) is 0 Å². The van der Waals surface area contributed by atoms with Crippen molar-refractivity contribution in [2.45, 2.75) is 6.42 Å². The van der Waals surface area contributed by atoms with E-state index < -0.39 is 5.97 Å². The minimum Gasteiger partial charge on any atom is -0.507 e. The van der Waals surface area contributed by atoms with Gasteiger partial charge in [-0.25, -0.2) is 4.79 Å². The van der Waals surface area contributed by atoms with Crippen LogP contribution in [0.1, 0.15) is 15.9 Å². The molecule has 0 saturated carbocycles. The summed E-state index contributed by atoms with van der Waals surface area (Å²) in [6.45, 7) is 0.675. The average Bonchev–Trinajstić information content (AvgIpc) is 3.09. The largest absolute Gasteiger partial charge is 0.507 e. The van der Waals surface area contributed by atoms with Crippen LogP contribution in [0.15, 0.2) is 54.6 Å². The molecule has 1 aliphatic rings. The number of ether oxygens (including phenoxy) is 1. The molecule has 2 N–H and O–H groups in total. The molecule has 0 unspecified atom stereocenters. The molecule has 0 bridgehead atoms. The number of halogens is 1. The van der Waals surface area contributed by atoms with E-state index in [1.54, 1.807) is 6.07 Å². The van der Waals surface area contributed by atoms with Crippen LogP contribution in [0.2, 0.25) is 5.02 Å². The second-order valence-electron chi connectivity index (χ2n) is 6.12. The molecule has 1 heterocycles. The fourth-order valence-electron chi connectivity index (χ4n) is 3.28. The predicted molar refractivity (Wildman–Crippen MR) is 100 cm³/mol. The van der Waals surface area contributed by atoms with Crippen molar-refractivity contribution in [1.29, 1.82) is 0 Å². The van der Waals surface area contributed by atoms with Crippen molar-refractivity contribution >= 4 is 17.6 Å². The van der Waals surface area contributed by atoms with E-state index in [0.717, 1.165) is 34.4 Å². The van der Waals surface area contributed by atoms with Gasteiger partial charge in [-0.15, -0.1) is 0 Å². The van der Waals surface area contributed by atoms with Crippen LogP contribution < -0.4 is 4.74 Å². The molecule has 0 aliphatic carbocycles. The van der Waals surface area contributed by atoms with E-state index in [9.17, 15) is 15.0 Å². The quantitative estimate of drug-likeness (QED) is 0.683. The molecule has 4 nitrogen and oxygen atoms in total. The van der Waals surface area contributed by atoms with Crippen molar-refractivity contribution < 1.29 is 19.7 Å². The summed E-state index contributed by atoms with van der Waals surface area (Å²) in [7, 11) is 0. The molecule has 130 valence electrons. The minimum absolute atomic E-state index is 0.143. The Morgan fingerprint density at radius 1 is 1.04 bits per heavy atom. The Balaban J connectivity index is 1.91. The van der Waals surface area contributed by atoms with Gasteiger partial charge >= 0.3 is 5.97 Å². The number of phenols is 1. The van der Waals surface area contributed by atoms with Crippen LogP contribution in [0.5, 0.6) is 11.5 Å². The van der Waals surface area contributed by atoms with E-state index in [2.05, 4.69) is 6.07 Å². The lowest BCUT2D eigenvalue weighted by Crippen LogP contribution is -1.97. The van der Waals surface area contributed by atoms with E-state index in [-0.39, 0.29) is 11.3 Å². The Hall–Kier alpha value is -2.98. The molecular weight excluding hydrogens is 352 g/mol. The molecule has 0 spiro atoms. The Morgan fingerprint density at radius 2 is 1.85 bits per heavy atom. The highest BCUT2D eigenvalue weighted by Crippen LogP contribution is 2.40. The molecule has 3 aromatic rings. The Morgan fingerprint density at radius 3 is 2.65 bits per heavy atom. The minimum atomic E-state index is -1.18. The molecule has 0 radical (unpaired) electrons. The lowest BCUT2D eigenvalue weighted by molar-refractivity contribution is 0.0694. The van der Waals surface area contributed by atoms with E-state index >= 15 is 0 Å². The second-order valence-corrected chi connectivity index (χ2v) is 6.53. The number of aromatic carboxylic acids is 1. The van der Waals surface area contributed by atoms with Crippen molar-refractivity contribution in [3.63, 3.8) is 0 Å². The van der Waals surface area contributed by atoms with Gasteiger partial charge in [0.2, 0.25) is 0 Å². The Kier molecular flexibility index (Phi) is 4.05. The summed E-state index contributed by atoms with van der Waals surface area (Å²) in [4.78, 5) is 11.4. The summed E-state index contributed by atoms with van der Waals surface area (Å²) < 4.78 is 5.56. The molecule has 0 fully saturated rings. The maximum atomic E-state index is 11.4. The first-order valence-corrected chi connectivity index (χ1v) is 8.53. The molecule has 3 aromatic carbocycles. The third-order valence-corrected chi connectivity index (χ3v) is 4.84. The zero-order valence-corrected chi connectivity index (χ0v) is 14.5. The summed E-state index contributed by atoms with van der Waals surface area (Å²) in [5, 5.41) is 19.6. The van der Waals surface area contributed by atoms with Gasteiger partial charge in [-0.05, 0) is 52.6 Å². The zero-order valence-electron chi connectivity index (χ0n) is 13.7. The van der Waals surface area contributed by atoms with Crippen molar-refractivity contribution in [2.75, 3.05) is 6.61 Å². The molecule has 4 rings (SSSR count). The Bertz CT molecular complexity index is 1030. The molecule has 0 aromatic heterocycles. The number of hydrogen-bond donors (Lipinski definition) is 2. The maximum Gasteiger partial charge on any atom is 0.339 e. The first kappa shape index (κ1) is 16.5. The number of aromatic hydroxyl groups is 1. The topological polar surface area (TPSA) is 66.8 Å². The van der Waals surface area contributed by atoms with E-state index in [0.29, 0.717) is 17.2 Å². The maximum absolute atomic E-state index is 11.4. The highest BCUT2D eigenvalue weighted by Gasteiger charge is 2.18. The third-order valence-electron chi connectivity index (χ3n) is 4.53. The number of rotatable bonds is 3. The van der Waals surface area contributed by atoms with Crippen LogP contribution in [0.25, 0.3) is 22.3 Å². The number of carboxylic acid groups (broad SMARTS) is 1. The molecular formula is C21H15ClO4. The predicted octanol–water partition coefficient (Wildman–Crippen LogP) is 5.01. The van der Waals surface area contributed by atoms with Gasteiger partial charge in [0.1, 0.15) is 17.1 Å². The van der Waals surface area contributed by atoms with Crippen molar-refractivity contribution in [2.24, 2.45) is 0 Å². The van der Waals surface area contributed by atoms with Gasteiger partial charge in [0, 0.05) is 17.0 Å². The first-order chi connectivity index (χ1) is 12.5. The van der Waals surface area contributed by atoms with Gasteiger partial charge in [0.05, 0.1) is 6.61 Å². The summed E-state index contributed by atoms with van der Waals surface area (Å²) in [6, 6.07) is 16.0. The van der Waals surface area contributed by atoms with Gasteiger partial charge in [-0.3, -0.25) is 0 Å². The van der Waals surface area contributed by atoms with Gasteiger partial charge in [0.15, 0.2) is 0 Å². The summed E-state index contributed by atoms with van der Waals surface area (Å²) in [5.41, 5.74) is 4.24. The van der Waals surface area contributed by atoms with Gasteiger partial charge < -0.3 is 14.9 Å². The van der Waals surface area contributed by atoms with E-state index in [1.807, 2.05) is 30.3 Å². The molecule has 0 atom stereocenters. The Labute approximate surface area is 155 Å². The highest BCUT2D eigenvalue weighted by molar-refractivity contribution is 6.34. The van der Waals surface area contributed by atoms with Gasteiger partial charge in [-0.1, -0.05) is 35.9 Å². The second kappa shape index (κ2) is 6.39.